The van der Waals surface area contributed by atoms with Gasteiger partial charge in [-0.1, -0.05) is 48.5 Å². The molecule has 0 fully saturated rings. The molecule has 0 radical (unpaired) electrons. The van der Waals surface area contributed by atoms with Crippen LogP contribution in [0.1, 0.15) is 44.9 Å². The predicted octanol–water partition coefficient (Wildman–Crippen LogP) is 9.16. The number of aromatic nitrogens is 2. The molecule has 3 aromatic carbocycles. The van der Waals surface area contributed by atoms with E-state index in [0.717, 1.165) is 54.0 Å². The SMILES string of the molecule is O=C(Nc1ccccc1)c1c(N=Cc2cc([N+](=O)[O-])ccc2Sc2nc(-c3ccccc3)cc(C(F)(F)F)n2)sc2c1CCCC2. The lowest BCUT2D eigenvalue weighted by Crippen LogP contribution is -2.14. The van der Waals surface area contributed by atoms with Crippen LogP contribution in [-0.2, 0) is 19.0 Å². The van der Waals surface area contributed by atoms with Crippen LogP contribution >= 0.6 is 23.1 Å². The van der Waals surface area contributed by atoms with Gasteiger partial charge in [-0.15, -0.1) is 11.3 Å². The molecule has 0 spiro atoms. The summed E-state index contributed by atoms with van der Waals surface area (Å²) in [6, 6.07) is 22.3. The van der Waals surface area contributed by atoms with Crippen molar-refractivity contribution in [2.45, 2.75) is 41.9 Å². The number of halogens is 3. The number of hydrogen-bond acceptors (Lipinski definition) is 8. The van der Waals surface area contributed by atoms with E-state index in [4.69, 9.17) is 0 Å². The number of anilines is 1. The van der Waals surface area contributed by atoms with E-state index in [1.54, 1.807) is 42.5 Å². The van der Waals surface area contributed by atoms with Gasteiger partial charge in [0.1, 0.15) is 10.7 Å². The third-order valence-electron chi connectivity index (χ3n) is 7.20. The second kappa shape index (κ2) is 13.2. The van der Waals surface area contributed by atoms with Crippen LogP contribution in [0.15, 0.2) is 100.0 Å². The molecular formula is C33H24F3N5O3S2. The quantitative estimate of drug-likeness (QED) is 0.0770. The third kappa shape index (κ3) is 7.00. The van der Waals surface area contributed by atoms with Gasteiger partial charge in [0.05, 0.1) is 16.2 Å². The van der Waals surface area contributed by atoms with Gasteiger partial charge in [-0.3, -0.25) is 14.9 Å². The number of rotatable bonds is 8. The molecular weight excluding hydrogens is 636 g/mol. The summed E-state index contributed by atoms with van der Waals surface area (Å²) < 4.78 is 41.5. The number of nitro groups is 1. The first-order valence-corrected chi connectivity index (χ1v) is 15.8. The van der Waals surface area contributed by atoms with Gasteiger partial charge in [-0.2, -0.15) is 13.2 Å². The van der Waals surface area contributed by atoms with Crippen molar-refractivity contribution in [3.8, 4) is 11.3 Å². The molecule has 1 N–H and O–H groups in total. The van der Waals surface area contributed by atoms with Gasteiger partial charge in [-0.25, -0.2) is 15.0 Å². The highest BCUT2D eigenvalue weighted by Gasteiger charge is 2.34. The summed E-state index contributed by atoms with van der Waals surface area (Å²) in [6.07, 6.45) is 0.146. The molecule has 46 heavy (non-hydrogen) atoms. The number of amides is 1. The van der Waals surface area contributed by atoms with Gasteiger partial charge >= 0.3 is 6.18 Å². The van der Waals surface area contributed by atoms with Crippen molar-refractivity contribution in [2.24, 2.45) is 4.99 Å². The van der Waals surface area contributed by atoms with Gasteiger partial charge in [0, 0.05) is 44.9 Å². The average molecular weight is 660 g/mol. The maximum atomic E-state index is 13.8. The lowest BCUT2D eigenvalue weighted by molar-refractivity contribution is -0.384. The molecule has 0 unspecified atom stereocenters. The Kier molecular flexibility index (Phi) is 8.95. The highest BCUT2D eigenvalue weighted by molar-refractivity contribution is 7.99. The number of thiophene rings is 1. The Labute approximate surface area is 269 Å². The van der Waals surface area contributed by atoms with Crippen molar-refractivity contribution in [3.63, 3.8) is 0 Å². The van der Waals surface area contributed by atoms with Gasteiger partial charge in [0.15, 0.2) is 5.16 Å². The maximum absolute atomic E-state index is 13.8. The number of aliphatic imine (C=N–C) groups is 1. The average Bonchev–Trinajstić information content (AvgIpc) is 3.43. The monoisotopic (exact) mass is 659 g/mol. The zero-order valence-corrected chi connectivity index (χ0v) is 25.6. The van der Waals surface area contributed by atoms with Crippen molar-refractivity contribution in [1.29, 1.82) is 0 Å². The van der Waals surface area contributed by atoms with Crippen LogP contribution in [0, 0.1) is 10.1 Å². The summed E-state index contributed by atoms with van der Waals surface area (Å²) in [5, 5.41) is 14.8. The minimum atomic E-state index is -4.73. The van der Waals surface area contributed by atoms with E-state index >= 15 is 0 Å². The number of carbonyl (C=O) groups excluding carboxylic acids is 1. The van der Waals surface area contributed by atoms with Gasteiger partial charge in [-0.05, 0) is 67.3 Å². The summed E-state index contributed by atoms with van der Waals surface area (Å²) >= 11 is 2.23. The lowest BCUT2D eigenvalue weighted by Gasteiger charge is -2.13. The predicted molar refractivity (Wildman–Crippen MR) is 172 cm³/mol. The first kappa shape index (κ1) is 31.1. The number of para-hydroxylation sites is 1. The van der Waals surface area contributed by atoms with Crippen molar-refractivity contribution in [1.82, 2.24) is 9.97 Å². The summed E-state index contributed by atoms with van der Waals surface area (Å²) in [4.78, 5) is 38.8. The standard InChI is InChI=1S/C33H24F3N5O3S2/c34-33(35,36)28-18-25(20-9-3-1-4-10-20)39-32(40-28)46-26-16-15-23(41(43)44)17-21(26)19-37-31-29(24-13-7-8-14-27(24)45-31)30(42)38-22-11-5-2-6-12-22/h1-6,9-12,15-19H,7-8,13-14H2,(H,38,42). The molecule has 0 saturated carbocycles. The number of nitrogens with one attached hydrogen (secondary N) is 1. The molecule has 232 valence electrons. The Balaban J connectivity index is 1.39. The number of hydrogen-bond donors (Lipinski definition) is 1. The van der Waals surface area contributed by atoms with E-state index in [0.29, 0.717) is 26.7 Å². The lowest BCUT2D eigenvalue weighted by atomic mass is 9.95. The van der Waals surface area contributed by atoms with Crippen LogP contribution in [0.2, 0.25) is 0 Å². The second-order valence-electron chi connectivity index (χ2n) is 10.3. The van der Waals surface area contributed by atoms with Crippen LogP contribution in [0.5, 0.6) is 0 Å². The van der Waals surface area contributed by atoms with E-state index in [2.05, 4.69) is 20.3 Å². The Morgan fingerprint density at radius 2 is 1.70 bits per heavy atom. The zero-order valence-electron chi connectivity index (χ0n) is 24.0. The molecule has 13 heteroatoms. The fourth-order valence-electron chi connectivity index (χ4n) is 5.03. The maximum Gasteiger partial charge on any atom is 0.433 e. The molecule has 0 atom stereocenters. The Morgan fingerprint density at radius 1 is 0.978 bits per heavy atom. The molecule has 0 bridgehead atoms. The smallest absolute Gasteiger partial charge is 0.322 e. The van der Waals surface area contributed by atoms with E-state index in [9.17, 15) is 28.1 Å². The van der Waals surface area contributed by atoms with Gasteiger partial charge < -0.3 is 5.32 Å². The van der Waals surface area contributed by atoms with Crippen molar-refractivity contribution < 1.29 is 22.9 Å². The normalized spacial score (nSPS) is 13.0. The van der Waals surface area contributed by atoms with Crippen LogP contribution < -0.4 is 5.32 Å². The first-order valence-electron chi connectivity index (χ1n) is 14.2. The summed E-state index contributed by atoms with van der Waals surface area (Å²) in [5.74, 6) is -0.308. The molecule has 1 aliphatic carbocycles. The van der Waals surface area contributed by atoms with Crippen LogP contribution in [0.25, 0.3) is 11.3 Å². The van der Waals surface area contributed by atoms with Crippen LogP contribution in [0.4, 0.5) is 29.5 Å². The van der Waals surface area contributed by atoms with Crippen LogP contribution in [0.3, 0.4) is 0 Å². The van der Waals surface area contributed by atoms with E-state index in [1.165, 1.54) is 35.8 Å². The molecule has 6 rings (SSSR count). The Hall–Kier alpha value is -4.88. The fourth-order valence-corrected chi connectivity index (χ4v) is 7.11. The highest BCUT2D eigenvalue weighted by atomic mass is 32.2. The molecule has 1 amide bonds. The van der Waals surface area contributed by atoms with Gasteiger partial charge in [0.25, 0.3) is 11.6 Å². The number of aryl methyl sites for hydroxylation is 1. The zero-order chi connectivity index (χ0) is 32.3. The molecule has 0 aliphatic heterocycles. The first-order chi connectivity index (χ1) is 22.2. The van der Waals surface area contributed by atoms with Gasteiger partial charge in [0.2, 0.25) is 0 Å². The highest BCUT2D eigenvalue weighted by Crippen LogP contribution is 2.41. The van der Waals surface area contributed by atoms with Crippen molar-refractivity contribution in [2.75, 3.05) is 5.32 Å². The molecule has 8 nitrogen and oxygen atoms in total. The number of non-ortho nitro benzene ring substituents is 1. The molecule has 0 saturated heterocycles. The van der Waals surface area contributed by atoms with E-state index < -0.39 is 16.8 Å². The van der Waals surface area contributed by atoms with Crippen molar-refractivity contribution >= 4 is 51.6 Å². The fraction of sp³-hybridized carbons (Fsp3) is 0.152. The Morgan fingerprint density at radius 3 is 2.41 bits per heavy atom. The molecule has 2 aromatic heterocycles. The minimum absolute atomic E-state index is 0.0841. The van der Waals surface area contributed by atoms with Crippen molar-refractivity contribution in [3.05, 3.63) is 122 Å². The molecule has 5 aromatic rings. The third-order valence-corrected chi connectivity index (χ3v) is 9.36. The number of fused-ring (bicyclic) bond motifs is 1. The minimum Gasteiger partial charge on any atom is -0.322 e. The summed E-state index contributed by atoms with van der Waals surface area (Å²) in [5.41, 5.74) is 1.51. The Bertz CT molecular complexity index is 1950. The molecule has 2 heterocycles. The largest absolute Gasteiger partial charge is 0.433 e. The molecule has 1 aliphatic rings. The number of benzene rings is 3. The van der Waals surface area contributed by atoms with Crippen LogP contribution in [-0.4, -0.2) is 27.0 Å². The number of alkyl halides is 3. The van der Waals surface area contributed by atoms with E-state index in [-0.39, 0.29) is 28.0 Å². The number of nitro benzene ring substituents is 1. The topological polar surface area (TPSA) is 110 Å². The number of nitrogens with zero attached hydrogens (tertiary/aromatic N) is 4. The summed E-state index contributed by atoms with van der Waals surface area (Å²) in [6.45, 7) is 0. The summed E-state index contributed by atoms with van der Waals surface area (Å²) in [7, 11) is 0. The second-order valence-corrected chi connectivity index (χ2v) is 12.4. The number of carbonyl (C=O) groups is 1. The van der Waals surface area contributed by atoms with E-state index in [1.807, 2.05) is 18.2 Å².